The number of fused-ring (bicyclic) bond motifs is 1. The van der Waals surface area contributed by atoms with Crippen molar-refractivity contribution in [2.24, 2.45) is 0 Å². The number of hydrogen-bond donors (Lipinski definition) is 2. The van der Waals surface area contributed by atoms with Crippen LogP contribution in [-0.2, 0) is 0 Å². The van der Waals surface area contributed by atoms with Crippen molar-refractivity contribution in [2.75, 3.05) is 30.4 Å². The van der Waals surface area contributed by atoms with Crippen molar-refractivity contribution < 1.29 is 5.11 Å². The highest BCUT2D eigenvalue weighted by Crippen LogP contribution is 2.33. The predicted octanol–water partition coefficient (Wildman–Crippen LogP) is 2.55. The maximum Gasteiger partial charge on any atom is 0.136 e. The highest BCUT2D eigenvalue weighted by atomic mass is 16.3. The van der Waals surface area contributed by atoms with Gasteiger partial charge in [-0.25, -0.2) is 4.98 Å². The van der Waals surface area contributed by atoms with E-state index in [0.717, 1.165) is 16.9 Å². The van der Waals surface area contributed by atoms with Gasteiger partial charge in [0.05, 0.1) is 18.5 Å². The molecule has 3 rings (SSSR count). The Kier molecular flexibility index (Phi) is 3.49. The molecule has 106 valence electrons. The minimum Gasteiger partial charge on any atom is -0.395 e. The molecule has 1 aliphatic carbocycles. The van der Waals surface area contributed by atoms with Crippen LogP contribution in [0.4, 0.5) is 11.5 Å². The Morgan fingerprint density at radius 3 is 2.85 bits per heavy atom. The smallest absolute Gasteiger partial charge is 0.136 e. The van der Waals surface area contributed by atoms with E-state index < -0.39 is 0 Å². The summed E-state index contributed by atoms with van der Waals surface area (Å²) in [6, 6.07) is 7.06. The van der Waals surface area contributed by atoms with Crippen LogP contribution in [0.1, 0.15) is 18.4 Å². The predicted molar refractivity (Wildman–Crippen MR) is 83.5 cm³/mol. The molecule has 2 aromatic rings. The monoisotopic (exact) mass is 271 g/mol. The number of nitrogens with one attached hydrogen (secondary N) is 1. The van der Waals surface area contributed by atoms with E-state index in [0.29, 0.717) is 12.6 Å². The second kappa shape index (κ2) is 5.29. The molecule has 1 fully saturated rings. The zero-order valence-corrected chi connectivity index (χ0v) is 12.1. The molecular formula is C16H21N3O. The van der Waals surface area contributed by atoms with Crippen LogP contribution < -0.4 is 10.2 Å². The molecular weight excluding hydrogens is 250 g/mol. The molecule has 1 aromatic heterocycles. The molecule has 20 heavy (non-hydrogen) atoms. The number of aliphatic hydroxyl groups excluding tert-OH is 1. The van der Waals surface area contributed by atoms with Gasteiger partial charge in [0.1, 0.15) is 5.82 Å². The van der Waals surface area contributed by atoms with E-state index >= 15 is 0 Å². The van der Waals surface area contributed by atoms with Gasteiger partial charge in [-0.05, 0) is 25.8 Å². The fourth-order valence-electron chi connectivity index (χ4n) is 2.46. The van der Waals surface area contributed by atoms with Crippen molar-refractivity contribution in [1.82, 2.24) is 4.98 Å². The van der Waals surface area contributed by atoms with Gasteiger partial charge < -0.3 is 15.3 Å². The maximum atomic E-state index is 9.11. The lowest BCUT2D eigenvalue weighted by atomic mass is 10.1. The molecule has 0 atom stereocenters. The lowest BCUT2D eigenvalue weighted by molar-refractivity contribution is 0.304. The van der Waals surface area contributed by atoms with Crippen LogP contribution in [-0.4, -0.2) is 36.3 Å². The first-order chi connectivity index (χ1) is 9.69. The SMILES string of the molecule is Cc1ccc2c(N(C)CCO)ncc(NC3CC3)c2c1. The summed E-state index contributed by atoms with van der Waals surface area (Å²) >= 11 is 0. The number of anilines is 2. The van der Waals surface area contributed by atoms with E-state index in [1.807, 2.05) is 18.1 Å². The molecule has 4 heteroatoms. The first-order valence-electron chi connectivity index (χ1n) is 7.17. The Labute approximate surface area is 119 Å². The summed E-state index contributed by atoms with van der Waals surface area (Å²) in [5, 5.41) is 15.0. The summed E-state index contributed by atoms with van der Waals surface area (Å²) in [7, 11) is 1.96. The van der Waals surface area contributed by atoms with Crippen LogP contribution in [0.2, 0.25) is 0 Å². The van der Waals surface area contributed by atoms with Gasteiger partial charge in [0.25, 0.3) is 0 Å². The highest BCUT2D eigenvalue weighted by Gasteiger charge is 2.22. The molecule has 0 radical (unpaired) electrons. The van der Waals surface area contributed by atoms with Gasteiger partial charge in [0.2, 0.25) is 0 Å². The summed E-state index contributed by atoms with van der Waals surface area (Å²) < 4.78 is 0. The summed E-state index contributed by atoms with van der Waals surface area (Å²) in [5.41, 5.74) is 2.37. The highest BCUT2D eigenvalue weighted by molar-refractivity contribution is 6.00. The van der Waals surface area contributed by atoms with Gasteiger partial charge in [-0.15, -0.1) is 0 Å². The number of benzene rings is 1. The number of hydrogen-bond acceptors (Lipinski definition) is 4. The van der Waals surface area contributed by atoms with Crippen molar-refractivity contribution in [1.29, 1.82) is 0 Å². The third-order valence-electron chi connectivity index (χ3n) is 3.76. The van der Waals surface area contributed by atoms with Crippen LogP contribution in [0.5, 0.6) is 0 Å². The van der Waals surface area contributed by atoms with Crippen LogP contribution in [0.15, 0.2) is 24.4 Å². The average molecular weight is 271 g/mol. The Hall–Kier alpha value is -1.81. The molecule has 4 nitrogen and oxygen atoms in total. The Bertz CT molecular complexity index is 622. The third-order valence-corrected chi connectivity index (χ3v) is 3.76. The van der Waals surface area contributed by atoms with Crippen molar-refractivity contribution in [2.45, 2.75) is 25.8 Å². The van der Waals surface area contributed by atoms with Crippen molar-refractivity contribution in [3.05, 3.63) is 30.0 Å². The number of rotatable bonds is 5. The fourth-order valence-corrected chi connectivity index (χ4v) is 2.46. The largest absolute Gasteiger partial charge is 0.395 e. The molecule has 0 unspecified atom stereocenters. The van der Waals surface area contributed by atoms with Crippen molar-refractivity contribution in [3.63, 3.8) is 0 Å². The van der Waals surface area contributed by atoms with E-state index in [-0.39, 0.29) is 6.61 Å². The van der Waals surface area contributed by atoms with Gasteiger partial charge in [-0.1, -0.05) is 17.7 Å². The Balaban J connectivity index is 2.08. The van der Waals surface area contributed by atoms with Gasteiger partial charge in [0, 0.05) is 30.4 Å². The number of aromatic nitrogens is 1. The number of pyridine rings is 1. The molecule has 0 saturated heterocycles. The van der Waals surface area contributed by atoms with E-state index in [4.69, 9.17) is 5.11 Å². The minimum atomic E-state index is 0.133. The second-order valence-electron chi connectivity index (χ2n) is 5.61. The Morgan fingerprint density at radius 1 is 1.35 bits per heavy atom. The molecule has 1 aliphatic rings. The third kappa shape index (κ3) is 2.56. The molecule has 0 amide bonds. The minimum absolute atomic E-state index is 0.133. The summed E-state index contributed by atoms with van der Waals surface area (Å²) in [6.07, 6.45) is 4.42. The number of likely N-dealkylation sites (N-methyl/N-ethyl adjacent to an activating group) is 1. The van der Waals surface area contributed by atoms with E-state index in [2.05, 4.69) is 35.4 Å². The lowest BCUT2D eigenvalue weighted by Crippen LogP contribution is -2.22. The maximum absolute atomic E-state index is 9.11. The standard InChI is InChI=1S/C16H21N3O/c1-11-3-6-13-14(9-11)15(18-12-4-5-12)10-17-16(13)19(2)7-8-20/h3,6,9-10,12,18,20H,4-5,7-8H2,1-2H3. The second-order valence-corrected chi connectivity index (χ2v) is 5.61. The molecule has 2 N–H and O–H groups in total. The van der Waals surface area contributed by atoms with Gasteiger partial charge in [-0.2, -0.15) is 0 Å². The first kappa shape index (κ1) is 13.2. The molecule has 0 bridgehead atoms. The van der Waals surface area contributed by atoms with E-state index in [9.17, 15) is 0 Å². The zero-order chi connectivity index (χ0) is 14.1. The molecule has 0 aliphatic heterocycles. The van der Waals surface area contributed by atoms with Gasteiger partial charge >= 0.3 is 0 Å². The summed E-state index contributed by atoms with van der Waals surface area (Å²) in [5.74, 6) is 0.926. The average Bonchev–Trinajstić information content (AvgIpc) is 3.23. The quantitative estimate of drug-likeness (QED) is 0.877. The van der Waals surface area contributed by atoms with Crippen LogP contribution in [0, 0.1) is 6.92 Å². The van der Waals surface area contributed by atoms with Crippen LogP contribution in [0.3, 0.4) is 0 Å². The molecule has 1 heterocycles. The Morgan fingerprint density at radius 2 is 2.15 bits per heavy atom. The van der Waals surface area contributed by atoms with Gasteiger partial charge in [0.15, 0.2) is 0 Å². The number of aryl methyl sites for hydroxylation is 1. The van der Waals surface area contributed by atoms with Crippen LogP contribution in [0.25, 0.3) is 10.8 Å². The first-order valence-corrected chi connectivity index (χ1v) is 7.17. The zero-order valence-electron chi connectivity index (χ0n) is 12.1. The molecule has 0 spiro atoms. The number of nitrogens with zero attached hydrogens (tertiary/aromatic N) is 2. The van der Waals surface area contributed by atoms with E-state index in [1.54, 1.807) is 0 Å². The van der Waals surface area contributed by atoms with Crippen molar-refractivity contribution in [3.8, 4) is 0 Å². The lowest BCUT2D eigenvalue weighted by Gasteiger charge is -2.20. The van der Waals surface area contributed by atoms with E-state index in [1.165, 1.54) is 23.8 Å². The van der Waals surface area contributed by atoms with Gasteiger partial charge in [-0.3, -0.25) is 0 Å². The molecule has 1 aromatic carbocycles. The molecule has 1 saturated carbocycles. The fraction of sp³-hybridized carbons (Fsp3) is 0.438. The number of aliphatic hydroxyl groups is 1. The summed E-state index contributed by atoms with van der Waals surface area (Å²) in [4.78, 5) is 6.59. The van der Waals surface area contributed by atoms with Crippen LogP contribution >= 0.6 is 0 Å². The summed E-state index contributed by atoms with van der Waals surface area (Å²) in [6.45, 7) is 2.83. The topological polar surface area (TPSA) is 48.4 Å². The van der Waals surface area contributed by atoms with Crippen molar-refractivity contribution >= 4 is 22.3 Å². The normalized spacial score (nSPS) is 14.6.